The lowest BCUT2D eigenvalue weighted by Crippen LogP contribution is -1.98. The summed E-state index contributed by atoms with van der Waals surface area (Å²) in [6, 6.07) is 32.6. The van der Waals surface area contributed by atoms with Gasteiger partial charge in [0.05, 0.1) is 0 Å². The molecule has 8 nitrogen and oxygen atoms in total. The van der Waals surface area contributed by atoms with E-state index in [1.807, 2.05) is 60.7 Å². The van der Waals surface area contributed by atoms with Crippen LogP contribution in [-0.4, -0.2) is 44.1 Å². The van der Waals surface area contributed by atoms with E-state index < -0.39 is 0 Å². The van der Waals surface area contributed by atoms with Gasteiger partial charge in [0, 0.05) is 49.0 Å². The Morgan fingerprint density at radius 3 is 1.25 bits per heavy atom. The van der Waals surface area contributed by atoms with E-state index in [2.05, 4.69) is 59.2 Å². The standard InChI is InChI=1S/C35H24N8S/c1-19(2)44-43-34-26-17-9-10-18-27(26)35(43)42-33-25-16-8-6-14-23(25)31(40-33)38-29-21-12-4-3-11-20(21)28(36-29)37-30-22-13-5-7-15-24(22)32(39-30)41-34/h3-19H,1-2H3,(H,36,37,38,39,40,41,42). The van der Waals surface area contributed by atoms with Crippen molar-refractivity contribution in [1.82, 2.24) is 38.9 Å². The quantitative estimate of drug-likeness (QED) is 0.217. The Labute approximate surface area is 256 Å². The van der Waals surface area contributed by atoms with Crippen LogP contribution in [0.25, 0.3) is 89.7 Å². The number of aromatic amines is 1. The number of fused-ring (bicyclic) bond motifs is 20. The minimum absolute atomic E-state index is 0.267. The van der Waals surface area contributed by atoms with Gasteiger partial charge in [0.2, 0.25) is 0 Å². The zero-order valence-corrected chi connectivity index (χ0v) is 24.7. The average Bonchev–Trinajstić information content (AvgIpc) is 3.76. The van der Waals surface area contributed by atoms with E-state index in [-0.39, 0.29) is 5.25 Å². The van der Waals surface area contributed by atoms with Crippen molar-refractivity contribution in [3.05, 3.63) is 97.1 Å². The van der Waals surface area contributed by atoms with Crippen LogP contribution in [0.3, 0.4) is 0 Å². The van der Waals surface area contributed by atoms with E-state index in [1.165, 1.54) is 0 Å². The molecule has 9 rings (SSSR count). The van der Waals surface area contributed by atoms with E-state index in [9.17, 15) is 0 Å². The van der Waals surface area contributed by atoms with Crippen molar-refractivity contribution in [2.75, 3.05) is 0 Å². The van der Waals surface area contributed by atoms with E-state index in [0.717, 1.165) is 55.1 Å². The molecule has 5 heterocycles. The van der Waals surface area contributed by atoms with Crippen molar-refractivity contribution in [2.24, 2.45) is 0 Å². The van der Waals surface area contributed by atoms with Crippen molar-refractivity contribution in [3.63, 3.8) is 0 Å². The molecule has 4 aromatic carbocycles. The number of benzene rings is 4. The van der Waals surface area contributed by atoms with Crippen LogP contribution in [0.2, 0.25) is 0 Å². The Kier molecular flexibility index (Phi) is 5.45. The number of H-pyrrole nitrogens is 1. The lowest BCUT2D eigenvalue weighted by molar-refractivity contribution is 1.09. The SMILES string of the molecule is CC(C)Sn1c2nc3nc(nc4[nH]c(nc5nc(nc1c1ccccc12)-c1ccccc1-5)c1ccccc41)-c1ccccc1-3. The highest BCUT2D eigenvalue weighted by atomic mass is 32.2. The molecule has 0 radical (unpaired) electrons. The molecule has 0 fully saturated rings. The van der Waals surface area contributed by atoms with Gasteiger partial charge in [0.1, 0.15) is 11.3 Å². The molecule has 7 aromatic rings. The van der Waals surface area contributed by atoms with Crippen LogP contribution in [0.5, 0.6) is 0 Å². The predicted molar refractivity (Wildman–Crippen MR) is 178 cm³/mol. The summed E-state index contributed by atoms with van der Waals surface area (Å²) in [5.74, 6) is 2.44. The normalized spacial score (nSPS) is 12.2. The second kappa shape index (κ2) is 9.55. The van der Waals surface area contributed by atoms with Crippen LogP contribution in [-0.2, 0) is 0 Å². The van der Waals surface area contributed by atoms with Crippen LogP contribution in [0.15, 0.2) is 97.1 Å². The Hall–Kier alpha value is -5.41. The molecule has 0 atom stereocenters. The first-order chi connectivity index (χ1) is 21.6. The molecule has 0 spiro atoms. The molecule has 0 saturated carbocycles. The lowest BCUT2D eigenvalue weighted by Gasteiger charge is -2.07. The van der Waals surface area contributed by atoms with Gasteiger partial charge in [0.15, 0.2) is 34.6 Å². The van der Waals surface area contributed by atoms with Gasteiger partial charge in [-0.2, -0.15) is 0 Å². The first-order valence-electron chi connectivity index (χ1n) is 14.5. The molecule has 2 aliphatic rings. The van der Waals surface area contributed by atoms with Gasteiger partial charge in [-0.3, -0.25) is 0 Å². The minimum atomic E-state index is 0.267. The molecule has 44 heavy (non-hydrogen) atoms. The second-order valence-corrected chi connectivity index (χ2v) is 12.6. The predicted octanol–water partition coefficient (Wildman–Crippen LogP) is 8.25. The number of nitrogens with zero attached hydrogens (tertiary/aromatic N) is 7. The van der Waals surface area contributed by atoms with Gasteiger partial charge in [0.25, 0.3) is 0 Å². The molecule has 0 aliphatic carbocycles. The monoisotopic (exact) mass is 588 g/mol. The van der Waals surface area contributed by atoms with E-state index in [1.54, 1.807) is 11.9 Å². The molecular weight excluding hydrogens is 565 g/mol. The largest absolute Gasteiger partial charge is 0.324 e. The number of nitrogens with one attached hydrogen (secondary N) is 1. The first-order valence-corrected chi connectivity index (χ1v) is 15.3. The van der Waals surface area contributed by atoms with E-state index in [4.69, 9.17) is 29.9 Å². The van der Waals surface area contributed by atoms with Gasteiger partial charge < -0.3 is 4.98 Å². The molecule has 3 aromatic heterocycles. The number of aromatic nitrogens is 8. The van der Waals surface area contributed by atoms with Crippen LogP contribution >= 0.6 is 11.9 Å². The fraction of sp³-hybridized carbons (Fsp3) is 0.0857. The summed E-state index contributed by atoms with van der Waals surface area (Å²) in [5, 5.41) is 4.17. The number of hydrogen-bond donors (Lipinski definition) is 1. The summed E-state index contributed by atoms with van der Waals surface area (Å²) >= 11 is 1.68. The zero-order valence-electron chi connectivity index (χ0n) is 23.9. The summed E-state index contributed by atoms with van der Waals surface area (Å²) in [6.07, 6.45) is 0. The zero-order chi connectivity index (χ0) is 29.4. The highest BCUT2D eigenvalue weighted by Gasteiger charge is 2.23. The van der Waals surface area contributed by atoms with Crippen molar-refractivity contribution >= 4 is 56.1 Å². The maximum Gasteiger partial charge on any atom is 0.164 e. The van der Waals surface area contributed by atoms with Crippen LogP contribution < -0.4 is 0 Å². The Morgan fingerprint density at radius 1 is 0.477 bits per heavy atom. The van der Waals surface area contributed by atoms with Gasteiger partial charge in [-0.15, -0.1) is 0 Å². The van der Waals surface area contributed by atoms with Crippen molar-refractivity contribution in [2.45, 2.75) is 19.1 Å². The van der Waals surface area contributed by atoms with Crippen LogP contribution in [0, 0.1) is 0 Å². The average molecular weight is 589 g/mol. The highest BCUT2D eigenvalue weighted by molar-refractivity contribution is 7.98. The summed E-state index contributed by atoms with van der Waals surface area (Å²) in [7, 11) is 0. The third-order valence-electron chi connectivity index (χ3n) is 7.88. The molecule has 2 aliphatic heterocycles. The maximum atomic E-state index is 5.27. The Bertz CT molecular complexity index is 2310. The smallest absolute Gasteiger partial charge is 0.164 e. The van der Waals surface area contributed by atoms with Crippen LogP contribution in [0.1, 0.15) is 13.8 Å². The second-order valence-electron chi connectivity index (χ2n) is 11.1. The summed E-state index contributed by atoms with van der Waals surface area (Å²) in [6.45, 7) is 4.34. The van der Waals surface area contributed by atoms with Gasteiger partial charge >= 0.3 is 0 Å². The molecule has 0 unspecified atom stereocenters. The van der Waals surface area contributed by atoms with E-state index in [0.29, 0.717) is 34.6 Å². The highest BCUT2D eigenvalue weighted by Crippen LogP contribution is 2.38. The molecule has 210 valence electrons. The molecule has 0 saturated heterocycles. The van der Waals surface area contributed by atoms with E-state index >= 15 is 0 Å². The third-order valence-corrected chi connectivity index (χ3v) is 8.86. The van der Waals surface area contributed by atoms with Gasteiger partial charge in [-0.25, -0.2) is 33.9 Å². The molecule has 1 N–H and O–H groups in total. The number of hydrogen-bond acceptors (Lipinski definition) is 7. The van der Waals surface area contributed by atoms with Gasteiger partial charge in [-0.05, 0) is 11.9 Å². The topological polar surface area (TPSA) is 98.1 Å². The summed E-state index contributed by atoms with van der Waals surface area (Å²) in [5.41, 5.74) is 6.70. The van der Waals surface area contributed by atoms with Crippen molar-refractivity contribution in [3.8, 4) is 45.6 Å². The van der Waals surface area contributed by atoms with Gasteiger partial charge in [-0.1, -0.05) is 111 Å². The summed E-state index contributed by atoms with van der Waals surface area (Å²) < 4.78 is 2.13. The van der Waals surface area contributed by atoms with Crippen LogP contribution in [0.4, 0.5) is 0 Å². The number of rotatable bonds is 2. The molecule has 9 heteroatoms. The minimum Gasteiger partial charge on any atom is -0.324 e. The third kappa shape index (κ3) is 3.79. The molecule has 0 amide bonds. The van der Waals surface area contributed by atoms with Crippen molar-refractivity contribution in [1.29, 1.82) is 0 Å². The van der Waals surface area contributed by atoms with Crippen molar-refractivity contribution < 1.29 is 0 Å². The Balaban J connectivity index is 1.53. The fourth-order valence-electron chi connectivity index (χ4n) is 5.97. The summed E-state index contributed by atoms with van der Waals surface area (Å²) in [4.78, 5) is 34.2. The molecule has 8 bridgehead atoms. The lowest BCUT2D eigenvalue weighted by atomic mass is 10.1. The molecular formula is C35H24N8S. The Morgan fingerprint density at radius 2 is 0.841 bits per heavy atom. The maximum absolute atomic E-state index is 5.27. The first kappa shape index (κ1) is 25.1. The fourth-order valence-corrected chi connectivity index (χ4v) is 6.87.